The summed E-state index contributed by atoms with van der Waals surface area (Å²) in [5.74, 6) is 2.57. The molecule has 0 fully saturated rings. The Bertz CT molecular complexity index is 802. The molecule has 1 aromatic carbocycles. The number of rotatable bonds is 13. The minimum Gasteiger partial charge on any atom is -0.497 e. The van der Waals surface area contributed by atoms with Gasteiger partial charge in [0.1, 0.15) is 5.75 Å². The lowest BCUT2D eigenvalue weighted by Crippen LogP contribution is -2.23. The van der Waals surface area contributed by atoms with E-state index in [9.17, 15) is 4.79 Å². The summed E-state index contributed by atoms with van der Waals surface area (Å²) >= 11 is 1.79. The SMILES string of the molecule is CCCCC/C(=C\C=C\C(=O)NCCSCc1cccnc1)c1ccc(OC)cc1. The summed E-state index contributed by atoms with van der Waals surface area (Å²) in [6.45, 7) is 2.86. The van der Waals surface area contributed by atoms with E-state index >= 15 is 0 Å². The molecule has 2 aromatic rings. The standard InChI is InChI=1S/C25H32N2O2S/c1-3-4-5-9-22(23-12-14-24(29-2)15-13-23)10-6-11-25(28)27-17-18-30-20-21-8-7-16-26-19-21/h6-8,10-16,19H,3-5,9,17-18,20H2,1-2H3,(H,27,28)/b11-6+,22-10+. The summed E-state index contributed by atoms with van der Waals surface area (Å²) in [6, 6.07) is 12.1. The minimum atomic E-state index is -0.0594. The number of ether oxygens (including phenoxy) is 1. The smallest absolute Gasteiger partial charge is 0.244 e. The van der Waals surface area contributed by atoms with Gasteiger partial charge in [-0.15, -0.1) is 0 Å². The Morgan fingerprint density at radius 2 is 2.03 bits per heavy atom. The van der Waals surface area contributed by atoms with Crippen molar-refractivity contribution in [3.05, 3.63) is 78.1 Å². The highest BCUT2D eigenvalue weighted by molar-refractivity contribution is 7.98. The van der Waals surface area contributed by atoms with Crippen LogP contribution in [0.2, 0.25) is 0 Å². The maximum atomic E-state index is 12.1. The number of methoxy groups -OCH3 is 1. The van der Waals surface area contributed by atoms with Crippen LogP contribution in [0.25, 0.3) is 5.57 Å². The monoisotopic (exact) mass is 424 g/mol. The molecular formula is C25H32N2O2S. The van der Waals surface area contributed by atoms with Crippen LogP contribution in [0.15, 0.2) is 67.0 Å². The fourth-order valence-corrected chi connectivity index (χ4v) is 3.72. The van der Waals surface area contributed by atoms with Crippen molar-refractivity contribution in [1.82, 2.24) is 10.3 Å². The molecule has 0 atom stereocenters. The van der Waals surface area contributed by atoms with Gasteiger partial charge in [0, 0.05) is 36.5 Å². The molecule has 0 bridgehead atoms. The molecule has 1 aromatic heterocycles. The molecule has 2 rings (SSSR count). The van der Waals surface area contributed by atoms with Crippen LogP contribution in [0.5, 0.6) is 5.75 Å². The highest BCUT2D eigenvalue weighted by atomic mass is 32.2. The zero-order valence-electron chi connectivity index (χ0n) is 18.0. The number of carbonyl (C=O) groups is 1. The Balaban J connectivity index is 1.80. The molecule has 0 radical (unpaired) electrons. The molecule has 30 heavy (non-hydrogen) atoms. The highest BCUT2D eigenvalue weighted by Crippen LogP contribution is 2.23. The van der Waals surface area contributed by atoms with Gasteiger partial charge in [0.15, 0.2) is 0 Å². The zero-order valence-corrected chi connectivity index (χ0v) is 18.8. The number of hydrogen-bond donors (Lipinski definition) is 1. The van der Waals surface area contributed by atoms with Crippen molar-refractivity contribution in [1.29, 1.82) is 0 Å². The molecule has 160 valence electrons. The van der Waals surface area contributed by atoms with Crippen molar-refractivity contribution in [2.45, 2.75) is 38.4 Å². The van der Waals surface area contributed by atoms with Gasteiger partial charge in [-0.25, -0.2) is 0 Å². The lowest BCUT2D eigenvalue weighted by Gasteiger charge is -2.08. The van der Waals surface area contributed by atoms with Crippen LogP contribution in [-0.2, 0) is 10.5 Å². The summed E-state index contributed by atoms with van der Waals surface area (Å²) in [5, 5.41) is 2.94. The Hall–Kier alpha value is -2.53. The number of allylic oxidation sites excluding steroid dienone is 3. The maximum Gasteiger partial charge on any atom is 0.244 e. The van der Waals surface area contributed by atoms with E-state index in [0.717, 1.165) is 30.1 Å². The number of hydrogen-bond acceptors (Lipinski definition) is 4. The summed E-state index contributed by atoms with van der Waals surface area (Å²) in [4.78, 5) is 16.2. The second kappa shape index (κ2) is 14.5. The third kappa shape index (κ3) is 9.31. The third-order valence-electron chi connectivity index (χ3n) is 4.59. The molecule has 1 heterocycles. The maximum absolute atomic E-state index is 12.1. The predicted octanol–water partition coefficient (Wildman–Crippen LogP) is 5.66. The van der Waals surface area contributed by atoms with Gasteiger partial charge in [-0.3, -0.25) is 9.78 Å². The molecular weight excluding hydrogens is 392 g/mol. The second-order valence-electron chi connectivity index (χ2n) is 6.94. The Morgan fingerprint density at radius 3 is 2.73 bits per heavy atom. The topological polar surface area (TPSA) is 51.2 Å². The quantitative estimate of drug-likeness (QED) is 0.256. The van der Waals surface area contributed by atoms with E-state index in [1.54, 1.807) is 31.1 Å². The normalized spacial score (nSPS) is 11.6. The zero-order chi connectivity index (χ0) is 21.4. The first-order valence-corrected chi connectivity index (χ1v) is 11.6. The van der Waals surface area contributed by atoms with Crippen molar-refractivity contribution < 1.29 is 9.53 Å². The molecule has 1 N–H and O–H groups in total. The fraction of sp³-hybridized carbons (Fsp3) is 0.360. The number of pyridine rings is 1. The van der Waals surface area contributed by atoms with Gasteiger partial charge in [-0.1, -0.05) is 50.1 Å². The molecule has 0 aliphatic rings. The molecule has 0 saturated carbocycles. The van der Waals surface area contributed by atoms with E-state index in [0.29, 0.717) is 6.54 Å². The molecule has 0 aliphatic carbocycles. The van der Waals surface area contributed by atoms with Gasteiger partial charge in [-0.2, -0.15) is 11.8 Å². The van der Waals surface area contributed by atoms with Crippen molar-refractivity contribution in [2.24, 2.45) is 0 Å². The van der Waals surface area contributed by atoms with Crippen molar-refractivity contribution in [3.63, 3.8) is 0 Å². The molecule has 0 saturated heterocycles. The lowest BCUT2D eigenvalue weighted by molar-refractivity contribution is -0.116. The van der Waals surface area contributed by atoms with Crippen LogP contribution < -0.4 is 10.1 Å². The summed E-state index contributed by atoms with van der Waals surface area (Å²) in [5.41, 5.74) is 3.61. The summed E-state index contributed by atoms with van der Waals surface area (Å²) in [6.07, 6.45) is 13.7. The molecule has 0 unspecified atom stereocenters. The van der Waals surface area contributed by atoms with Gasteiger partial charge in [0.05, 0.1) is 7.11 Å². The van der Waals surface area contributed by atoms with Gasteiger partial charge in [0.25, 0.3) is 0 Å². The molecule has 0 spiro atoms. The number of unbranched alkanes of at least 4 members (excludes halogenated alkanes) is 2. The van der Waals surface area contributed by atoms with Gasteiger partial charge < -0.3 is 10.1 Å². The molecule has 0 aliphatic heterocycles. The summed E-state index contributed by atoms with van der Waals surface area (Å²) in [7, 11) is 1.67. The van der Waals surface area contributed by atoms with E-state index in [2.05, 4.69) is 35.4 Å². The number of carbonyl (C=O) groups excluding carboxylic acids is 1. The minimum absolute atomic E-state index is 0.0594. The Kier molecular flexibility index (Phi) is 11.4. The second-order valence-corrected chi connectivity index (χ2v) is 8.05. The van der Waals surface area contributed by atoms with Crippen LogP contribution in [-0.4, -0.2) is 30.3 Å². The van der Waals surface area contributed by atoms with E-state index in [-0.39, 0.29) is 5.91 Å². The van der Waals surface area contributed by atoms with Crippen LogP contribution in [0.4, 0.5) is 0 Å². The van der Waals surface area contributed by atoms with E-state index in [4.69, 9.17) is 4.74 Å². The van der Waals surface area contributed by atoms with E-state index < -0.39 is 0 Å². The van der Waals surface area contributed by atoms with Crippen molar-refractivity contribution >= 4 is 23.2 Å². The van der Waals surface area contributed by atoms with Gasteiger partial charge >= 0.3 is 0 Å². The van der Waals surface area contributed by atoms with Gasteiger partial charge in [-0.05, 0) is 47.7 Å². The molecule has 1 amide bonds. The first kappa shape index (κ1) is 23.7. The number of benzene rings is 1. The average molecular weight is 425 g/mol. The number of amides is 1. The number of aromatic nitrogens is 1. The van der Waals surface area contributed by atoms with E-state index in [1.807, 2.05) is 36.5 Å². The lowest BCUT2D eigenvalue weighted by atomic mass is 9.99. The average Bonchev–Trinajstić information content (AvgIpc) is 2.79. The Labute approximate surface area is 184 Å². The van der Waals surface area contributed by atoms with Crippen molar-refractivity contribution in [3.8, 4) is 5.75 Å². The van der Waals surface area contributed by atoms with Crippen molar-refractivity contribution in [2.75, 3.05) is 19.4 Å². The van der Waals surface area contributed by atoms with Crippen LogP contribution in [0.3, 0.4) is 0 Å². The number of nitrogens with zero attached hydrogens (tertiary/aromatic N) is 1. The van der Waals surface area contributed by atoms with E-state index in [1.165, 1.54) is 29.5 Å². The molecule has 4 nitrogen and oxygen atoms in total. The summed E-state index contributed by atoms with van der Waals surface area (Å²) < 4.78 is 5.25. The Morgan fingerprint density at radius 1 is 1.20 bits per heavy atom. The van der Waals surface area contributed by atoms with Crippen LogP contribution >= 0.6 is 11.8 Å². The van der Waals surface area contributed by atoms with Crippen LogP contribution in [0, 0.1) is 0 Å². The number of nitrogens with one attached hydrogen (secondary N) is 1. The predicted molar refractivity (Wildman–Crippen MR) is 128 cm³/mol. The first-order valence-electron chi connectivity index (χ1n) is 10.5. The first-order chi connectivity index (χ1) is 14.7. The molecule has 5 heteroatoms. The largest absolute Gasteiger partial charge is 0.497 e. The third-order valence-corrected chi connectivity index (χ3v) is 5.62. The van der Waals surface area contributed by atoms with Gasteiger partial charge in [0.2, 0.25) is 5.91 Å². The fourth-order valence-electron chi connectivity index (χ4n) is 2.92. The highest BCUT2D eigenvalue weighted by Gasteiger charge is 2.02. The number of thioether (sulfide) groups is 1. The van der Waals surface area contributed by atoms with Crippen LogP contribution in [0.1, 0.15) is 43.7 Å².